The minimum absolute atomic E-state index is 0.0251. The van der Waals surface area contributed by atoms with E-state index in [1.54, 1.807) is 0 Å². The molecule has 0 aliphatic carbocycles. The van der Waals surface area contributed by atoms with E-state index >= 15 is 0 Å². The van der Waals surface area contributed by atoms with Gasteiger partial charge in [-0.15, -0.1) is 0 Å². The van der Waals surface area contributed by atoms with E-state index in [9.17, 15) is 4.39 Å². The molecule has 5 heteroatoms. The Labute approximate surface area is 153 Å². The largest absolute Gasteiger partial charge is 0.457 e. The zero-order chi connectivity index (χ0) is 18.9. The average Bonchev–Trinajstić information content (AvgIpc) is 2.66. The second-order valence-corrected chi connectivity index (χ2v) is 5.79. The molecule has 1 unspecified atom stereocenters. The molecular formula is C21H24FN3O. The number of ether oxygens (including phenoxy) is 1. The summed E-state index contributed by atoms with van der Waals surface area (Å²) < 4.78 is 19.2. The van der Waals surface area contributed by atoms with Crippen LogP contribution in [0, 0.1) is 5.82 Å². The van der Waals surface area contributed by atoms with Crippen LogP contribution >= 0.6 is 0 Å². The first-order chi connectivity index (χ1) is 12.6. The molecule has 136 valence electrons. The second kappa shape index (κ2) is 9.53. The lowest BCUT2D eigenvalue weighted by Gasteiger charge is -2.15. The van der Waals surface area contributed by atoms with Gasteiger partial charge >= 0.3 is 0 Å². The van der Waals surface area contributed by atoms with Crippen LogP contribution in [-0.2, 0) is 0 Å². The number of nitrogen functional groups attached to an aromatic ring is 1. The first kappa shape index (κ1) is 19.4. The van der Waals surface area contributed by atoms with Gasteiger partial charge < -0.3 is 16.2 Å². The van der Waals surface area contributed by atoms with Crippen molar-refractivity contribution in [2.24, 2.45) is 5.73 Å². The molecule has 1 aromatic heterocycles. The molecule has 0 spiro atoms. The summed E-state index contributed by atoms with van der Waals surface area (Å²) in [4.78, 5) is 3.81. The zero-order valence-electron chi connectivity index (χ0n) is 15.0. The van der Waals surface area contributed by atoms with E-state index in [0.717, 1.165) is 17.5 Å². The Kier molecular flexibility index (Phi) is 7.12. The van der Waals surface area contributed by atoms with Crippen LogP contribution in [0.25, 0.3) is 0 Å². The Morgan fingerprint density at radius 2 is 1.54 bits per heavy atom. The highest BCUT2D eigenvalue weighted by Crippen LogP contribution is 2.28. The lowest BCUT2D eigenvalue weighted by Crippen LogP contribution is -2.15. The number of nitrogens with two attached hydrogens (primary N) is 2. The summed E-state index contributed by atoms with van der Waals surface area (Å²) in [6.45, 7) is 4.25. The topological polar surface area (TPSA) is 74.2 Å². The van der Waals surface area contributed by atoms with E-state index in [-0.39, 0.29) is 5.69 Å². The molecule has 3 rings (SSSR count). The third kappa shape index (κ3) is 5.04. The van der Waals surface area contributed by atoms with E-state index in [1.165, 1.54) is 12.6 Å². The van der Waals surface area contributed by atoms with Crippen molar-refractivity contribution >= 4 is 5.69 Å². The molecule has 1 atom stereocenters. The third-order valence-electron chi connectivity index (χ3n) is 3.52. The molecule has 0 fully saturated rings. The number of hydrogen-bond donors (Lipinski definition) is 2. The number of benzene rings is 2. The van der Waals surface area contributed by atoms with E-state index in [1.807, 2.05) is 54.6 Å². The molecule has 3 aromatic rings. The fourth-order valence-electron chi connectivity index (χ4n) is 2.26. The quantitative estimate of drug-likeness (QED) is 0.687. The SMILES string of the molecule is CCC.Nc1c(F)cncc1C(N)c1ccc(Oc2ccccc2)cc1. The fraction of sp³-hybridized carbons (Fsp3) is 0.190. The number of anilines is 1. The van der Waals surface area contributed by atoms with E-state index in [2.05, 4.69) is 18.8 Å². The van der Waals surface area contributed by atoms with Gasteiger partial charge in [-0.25, -0.2) is 4.39 Å². The lowest BCUT2D eigenvalue weighted by atomic mass is 9.99. The maximum atomic E-state index is 13.5. The molecule has 4 nitrogen and oxygen atoms in total. The Morgan fingerprint density at radius 3 is 2.15 bits per heavy atom. The molecule has 0 bridgehead atoms. The predicted octanol–water partition coefficient (Wildman–Crippen LogP) is 5.06. The highest BCUT2D eigenvalue weighted by Gasteiger charge is 2.15. The van der Waals surface area contributed by atoms with Gasteiger partial charge in [-0.3, -0.25) is 4.98 Å². The number of para-hydroxylation sites is 1. The molecule has 0 radical (unpaired) electrons. The van der Waals surface area contributed by atoms with Crippen molar-refractivity contribution in [1.29, 1.82) is 0 Å². The van der Waals surface area contributed by atoms with Gasteiger partial charge in [-0.05, 0) is 29.8 Å². The summed E-state index contributed by atoms with van der Waals surface area (Å²) in [6, 6.07) is 16.2. The minimum Gasteiger partial charge on any atom is -0.457 e. The molecule has 0 saturated carbocycles. The van der Waals surface area contributed by atoms with Gasteiger partial charge in [0.15, 0.2) is 5.82 Å². The molecular weight excluding hydrogens is 329 g/mol. The van der Waals surface area contributed by atoms with Crippen LogP contribution in [0.1, 0.15) is 37.4 Å². The molecule has 26 heavy (non-hydrogen) atoms. The normalized spacial score (nSPS) is 11.2. The fourth-order valence-corrected chi connectivity index (χ4v) is 2.26. The third-order valence-corrected chi connectivity index (χ3v) is 3.52. The van der Waals surface area contributed by atoms with Crippen LogP contribution in [0.15, 0.2) is 67.0 Å². The zero-order valence-corrected chi connectivity index (χ0v) is 15.0. The maximum Gasteiger partial charge on any atom is 0.164 e. The number of hydrogen-bond acceptors (Lipinski definition) is 4. The van der Waals surface area contributed by atoms with Gasteiger partial charge in [0.25, 0.3) is 0 Å². The predicted molar refractivity (Wildman–Crippen MR) is 104 cm³/mol. The van der Waals surface area contributed by atoms with Crippen LogP contribution in [-0.4, -0.2) is 4.98 Å². The van der Waals surface area contributed by atoms with Crippen LogP contribution in [0.3, 0.4) is 0 Å². The smallest absolute Gasteiger partial charge is 0.164 e. The van der Waals surface area contributed by atoms with Crippen LogP contribution < -0.4 is 16.2 Å². The summed E-state index contributed by atoms with van der Waals surface area (Å²) in [5.41, 5.74) is 13.2. The number of halogens is 1. The molecule has 1 heterocycles. The second-order valence-electron chi connectivity index (χ2n) is 5.79. The number of nitrogens with zero attached hydrogens (tertiary/aromatic N) is 1. The van der Waals surface area contributed by atoms with Crippen LogP contribution in [0.4, 0.5) is 10.1 Å². The number of pyridine rings is 1. The highest BCUT2D eigenvalue weighted by molar-refractivity contribution is 5.51. The molecule has 0 saturated heterocycles. The first-order valence-electron chi connectivity index (χ1n) is 8.54. The van der Waals surface area contributed by atoms with E-state index in [4.69, 9.17) is 16.2 Å². The first-order valence-corrected chi connectivity index (χ1v) is 8.54. The van der Waals surface area contributed by atoms with E-state index in [0.29, 0.717) is 11.3 Å². The molecule has 0 amide bonds. The van der Waals surface area contributed by atoms with Crippen LogP contribution in [0.2, 0.25) is 0 Å². The number of aromatic nitrogens is 1. The standard InChI is InChI=1S/C18H16FN3O.C3H8/c19-16-11-22-10-15(18(16)21)17(20)12-6-8-14(9-7-12)23-13-4-2-1-3-5-13;1-3-2/h1-11,17H,20H2,(H2,21,22);3H2,1-2H3. The van der Waals surface area contributed by atoms with Gasteiger partial charge in [0.2, 0.25) is 0 Å². The Bertz CT molecular complexity index is 807. The summed E-state index contributed by atoms with van der Waals surface area (Å²) in [5.74, 6) is 0.877. The Hall–Kier alpha value is -2.92. The van der Waals surface area contributed by atoms with Crippen molar-refractivity contribution in [2.45, 2.75) is 26.3 Å². The molecule has 0 aliphatic heterocycles. The van der Waals surface area contributed by atoms with Gasteiger partial charge in [0, 0.05) is 11.8 Å². The van der Waals surface area contributed by atoms with Gasteiger partial charge in [0.1, 0.15) is 11.5 Å². The van der Waals surface area contributed by atoms with Gasteiger partial charge in [-0.2, -0.15) is 0 Å². The van der Waals surface area contributed by atoms with E-state index < -0.39 is 11.9 Å². The van der Waals surface area contributed by atoms with Crippen molar-refractivity contribution in [1.82, 2.24) is 4.98 Å². The summed E-state index contributed by atoms with van der Waals surface area (Å²) in [6.07, 6.45) is 3.81. The molecule has 4 N–H and O–H groups in total. The molecule has 2 aromatic carbocycles. The van der Waals surface area contributed by atoms with Crippen molar-refractivity contribution in [3.63, 3.8) is 0 Å². The van der Waals surface area contributed by atoms with Gasteiger partial charge in [-0.1, -0.05) is 50.6 Å². The van der Waals surface area contributed by atoms with Crippen molar-refractivity contribution in [3.05, 3.63) is 83.9 Å². The maximum absolute atomic E-state index is 13.5. The average molecular weight is 353 g/mol. The monoisotopic (exact) mass is 353 g/mol. The van der Waals surface area contributed by atoms with Crippen molar-refractivity contribution in [2.75, 3.05) is 5.73 Å². The minimum atomic E-state index is -0.568. The Balaban J connectivity index is 0.000000758. The Morgan fingerprint density at radius 1 is 0.962 bits per heavy atom. The summed E-state index contributed by atoms with van der Waals surface area (Å²) in [7, 11) is 0. The van der Waals surface area contributed by atoms with Gasteiger partial charge in [0.05, 0.1) is 17.9 Å². The summed E-state index contributed by atoms with van der Waals surface area (Å²) in [5, 5.41) is 0. The van der Waals surface area contributed by atoms with Crippen molar-refractivity contribution < 1.29 is 9.13 Å². The molecule has 0 aliphatic rings. The van der Waals surface area contributed by atoms with Crippen molar-refractivity contribution in [3.8, 4) is 11.5 Å². The number of rotatable bonds is 4. The van der Waals surface area contributed by atoms with Crippen LogP contribution in [0.5, 0.6) is 11.5 Å². The lowest BCUT2D eigenvalue weighted by molar-refractivity contribution is 0.482. The highest BCUT2D eigenvalue weighted by atomic mass is 19.1. The summed E-state index contributed by atoms with van der Waals surface area (Å²) >= 11 is 0.